The predicted octanol–water partition coefficient (Wildman–Crippen LogP) is 4.83. The zero-order valence-electron chi connectivity index (χ0n) is 12.3. The number of fused-ring (bicyclic) bond motifs is 1. The molecule has 2 rings (SSSR count). The molecule has 0 unspecified atom stereocenters. The van der Waals surface area contributed by atoms with Gasteiger partial charge >= 0.3 is 0 Å². The van der Waals surface area contributed by atoms with Gasteiger partial charge in [-0.15, -0.1) is 0 Å². The van der Waals surface area contributed by atoms with E-state index in [-0.39, 0.29) is 10.9 Å². The molecular weight excluding hydrogens is 257 g/mol. The zero-order chi connectivity index (χ0) is 14.3. The molecule has 0 saturated carbocycles. The molecule has 0 aliphatic carbocycles. The molecule has 0 saturated heterocycles. The van der Waals surface area contributed by atoms with Crippen LogP contribution in [0, 0.1) is 5.82 Å². The van der Waals surface area contributed by atoms with E-state index in [1.807, 2.05) is 12.3 Å². The monoisotopic (exact) mass is 279 g/mol. The van der Waals surface area contributed by atoms with Crippen LogP contribution in [0.25, 0.3) is 10.9 Å². The average molecular weight is 279 g/mol. The van der Waals surface area contributed by atoms with E-state index in [4.69, 9.17) is 4.43 Å². The summed E-state index contributed by atoms with van der Waals surface area (Å²) in [5.74, 6) is -0.200. The predicted molar refractivity (Wildman–Crippen MR) is 80.2 cm³/mol. The molecule has 1 aromatic heterocycles. The van der Waals surface area contributed by atoms with Crippen molar-refractivity contribution in [2.75, 3.05) is 0 Å². The number of rotatable bonds is 3. The minimum Gasteiger partial charge on any atom is -0.412 e. The summed E-state index contributed by atoms with van der Waals surface area (Å²) in [6, 6.07) is 5.25. The molecule has 104 valence electrons. The van der Waals surface area contributed by atoms with Gasteiger partial charge in [0.1, 0.15) is 5.82 Å². The van der Waals surface area contributed by atoms with Gasteiger partial charge in [0.25, 0.3) is 0 Å². The average Bonchev–Trinajstić information content (AvgIpc) is 2.74. The van der Waals surface area contributed by atoms with E-state index in [2.05, 4.69) is 38.8 Å². The quantitative estimate of drug-likeness (QED) is 0.800. The summed E-state index contributed by atoms with van der Waals surface area (Å²) < 4.78 is 20.1. The van der Waals surface area contributed by atoms with Gasteiger partial charge in [0.05, 0.1) is 12.1 Å². The van der Waals surface area contributed by atoms with E-state index in [0.717, 1.165) is 10.9 Å². The standard InChI is InChI=1S/C15H22FNOSi/c1-15(2,3)19(4,5)18-10-12-13(16)7-6-11-8-9-17-14(11)12/h6-9,17H,10H2,1-5H3. The highest BCUT2D eigenvalue weighted by Gasteiger charge is 2.37. The number of hydrogen-bond donors (Lipinski definition) is 1. The number of hydrogen-bond acceptors (Lipinski definition) is 1. The molecule has 2 aromatic rings. The molecule has 0 atom stereocenters. The lowest BCUT2D eigenvalue weighted by atomic mass is 10.1. The second kappa shape index (κ2) is 4.76. The van der Waals surface area contributed by atoms with E-state index in [0.29, 0.717) is 12.2 Å². The number of halogens is 1. The molecule has 1 N–H and O–H groups in total. The van der Waals surface area contributed by atoms with Crippen LogP contribution in [0.2, 0.25) is 18.1 Å². The lowest BCUT2D eigenvalue weighted by Crippen LogP contribution is -2.40. The van der Waals surface area contributed by atoms with E-state index < -0.39 is 8.32 Å². The Hall–Kier alpha value is -1.13. The highest BCUT2D eigenvalue weighted by molar-refractivity contribution is 6.74. The van der Waals surface area contributed by atoms with Crippen molar-refractivity contribution >= 4 is 19.2 Å². The van der Waals surface area contributed by atoms with Crippen molar-refractivity contribution in [3.63, 3.8) is 0 Å². The minimum atomic E-state index is -1.86. The number of aromatic nitrogens is 1. The third-order valence-corrected chi connectivity index (χ3v) is 8.64. The molecule has 19 heavy (non-hydrogen) atoms. The Morgan fingerprint density at radius 3 is 2.53 bits per heavy atom. The summed E-state index contributed by atoms with van der Waals surface area (Å²) in [6.45, 7) is 11.3. The van der Waals surface area contributed by atoms with Crippen LogP contribution in [0.5, 0.6) is 0 Å². The number of nitrogens with one attached hydrogen (secondary N) is 1. The van der Waals surface area contributed by atoms with Crippen LogP contribution in [-0.4, -0.2) is 13.3 Å². The van der Waals surface area contributed by atoms with Crippen molar-refractivity contribution in [1.82, 2.24) is 4.98 Å². The summed E-state index contributed by atoms with van der Waals surface area (Å²) in [5, 5.41) is 1.16. The third-order valence-electron chi connectivity index (χ3n) is 4.16. The number of H-pyrrole nitrogens is 1. The Morgan fingerprint density at radius 1 is 1.21 bits per heavy atom. The molecule has 0 bridgehead atoms. The molecule has 4 heteroatoms. The Morgan fingerprint density at radius 2 is 1.89 bits per heavy atom. The fourth-order valence-electron chi connectivity index (χ4n) is 1.77. The maximum absolute atomic E-state index is 14.0. The van der Waals surface area contributed by atoms with Gasteiger partial charge in [-0.3, -0.25) is 0 Å². The molecule has 1 aromatic carbocycles. The highest BCUT2D eigenvalue weighted by Crippen LogP contribution is 2.37. The highest BCUT2D eigenvalue weighted by atomic mass is 28.4. The second-order valence-electron chi connectivity index (χ2n) is 6.52. The molecule has 0 spiro atoms. The normalized spacial score (nSPS) is 13.2. The van der Waals surface area contributed by atoms with E-state index in [9.17, 15) is 4.39 Å². The fraction of sp³-hybridized carbons (Fsp3) is 0.467. The molecular formula is C15H22FNOSi. The zero-order valence-corrected chi connectivity index (χ0v) is 13.3. The van der Waals surface area contributed by atoms with Crippen molar-refractivity contribution < 1.29 is 8.82 Å². The molecule has 0 aliphatic rings. The van der Waals surface area contributed by atoms with Crippen LogP contribution in [0.4, 0.5) is 4.39 Å². The first-order valence-corrected chi connectivity index (χ1v) is 9.51. The van der Waals surface area contributed by atoms with E-state index >= 15 is 0 Å². The van der Waals surface area contributed by atoms with Gasteiger partial charge in [0, 0.05) is 11.8 Å². The maximum atomic E-state index is 14.0. The van der Waals surface area contributed by atoms with Gasteiger partial charge < -0.3 is 9.41 Å². The van der Waals surface area contributed by atoms with Crippen LogP contribution in [-0.2, 0) is 11.0 Å². The first kappa shape index (κ1) is 14.3. The maximum Gasteiger partial charge on any atom is 0.192 e. The summed E-state index contributed by atoms with van der Waals surface area (Å²) in [6.07, 6.45) is 1.83. The first-order valence-electron chi connectivity index (χ1n) is 6.61. The van der Waals surface area contributed by atoms with Gasteiger partial charge in [-0.1, -0.05) is 20.8 Å². The number of benzene rings is 1. The van der Waals surface area contributed by atoms with Crippen LogP contribution in [0.3, 0.4) is 0 Å². The Labute approximate surface area is 115 Å². The Kier molecular flexibility index (Phi) is 3.58. The lowest BCUT2D eigenvalue weighted by molar-refractivity contribution is 0.272. The number of aromatic amines is 1. The molecule has 0 fully saturated rings. The van der Waals surface area contributed by atoms with Crippen LogP contribution in [0.1, 0.15) is 26.3 Å². The topological polar surface area (TPSA) is 25.0 Å². The molecule has 0 aliphatic heterocycles. The van der Waals surface area contributed by atoms with E-state index in [1.165, 1.54) is 6.07 Å². The van der Waals surface area contributed by atoms with Crippen LogP contribution < -0.4 is 0 Å². The molecule has 0 amide bonds. The molecule has 2 nitrogen and oxygen atoms in total. The van der Waals surface area contributed by atoms with Crippen molar-refractivity contribution in [1.29, 1.82) is 0 Å². The van der Waals surface area contributed by atoms with Gasteiger partial charge in [0.2, 0.25) is 0 Å². The van der Waals surface area contributed by atoms with E-state index in [1.54, 1.807) is 6.07 Å². The SMILES string of the molecule is CC(C)(C)[Si](C)(C)OCc1c(F)ccc2cc[nH]c12. The van der Waals surface area contributed by atoms with Gasteiger partial charge in [-0.2, -0.15) is 0 Å². The Balaban J connectivity index is 2.27. The molecule has 1 heterocycles. The van der Waals surface area contributed by atoms with Crippen molar-refractivity contribution in [3.8, 4) is 0 Å². The minimum absolute atomic E-state index is 0.132. The Bertz CT molecular complexity index is 583. The largest absolute Gasteiger partial charge is 0.412 e. The van der Waals surface area contributed by atoms with Crippen LogP contribution in [0.15, 0.2) is 24.4 Å². The summed E-state index contributed by atoms with van der Waals surface area (Å²) >= 11 is 0. The van der Waals surface area contributed by atoms with Gasteiger partial charge in [0.15, 0.2) is 8.32 Å². The second-order valence-corrected chi connectivity index (χ2v) is 11.3. The molecule has 0 radical (unpaired) electrons. The third kappa shape index (κ3) is 2.74. The first-order chi connectivity index (χ1) is 8.72. The van der Waals surface area contributed by atoms with Crippen molar-refractivity contribution in [2.45, 2.75) is 45.5 Å². The summed E-state index contributed by atoms with van der Waals surface area (Å²) in [4.78, 5) is 3.10. The van der Waals surface area contributed by atoms with Crippen LogP contribution >= 0.6 is 0 Å². The lowest BCUT2D eigenvalue weighted by Gasteiger charge is -2.36. The van der Waals surface area contributed by atoms with Gasteiger partial charge in [-0.25, -0.2) is 4.39 Å². The summed E-state index contributed by atoms with van der Waals surface area (Å²) in [5.41, 5.74) is 1.48. The van der Waals surface area contributed by atoms with Crippen molar-refractivity contribution in [2.24, 2.45) is 0 Å². The smallest absolute Gasteiger partial charge is 0.192 e. The van der Waals surface area contributed by atoms with Crippen molar-refractivity contribution in [3.05, 3.63) is 35.8 Å². The fourth-order valence-corrected chi connectivity index (χ4v) is 2.71. The van der Waals surface area contributed by atoms with Gasteiger partial charge in [-0.05, 0) is 41.7 Å². The summed E-state index contributed by atoms with van der Waals surface area (Å²) in [7, 11) is -1.86.